The Bertz CT molecular complexity index is 718. The molecule has 2 N–H and O–H groups in total. The summed E-state index contributed by atoms with van der Waals surface area (Å²) >= 11 is 1.73. The first-order valence-electron chi connectivity index (χ1n) is 6.18. The van der Waals surface area contributed by atoms with E-state index in [0.717, 1.165) is 17.0 Å². The summed E-state index contributed by atoms with van der Waals surface area (Å²) in [5.74, 6) is 0.936. The highest BCUT2D eigenvalue weighted by Gasteiger charge is 2.06. The van der Waals surface area contributed by atoms with Crippen molar-refractivity contribution in [3.05, 3.63) is 59.0 Å². The van der Waals surface area contributed by atoms with E-state index < -0.39 is 0 Å². The lowest BCUT2D eigenvalue weighted by atomic mass is 10.1. The zero-order chi connectivity index (χ0) is 13.2. The topological polar surface area (TPSA) is 35.2 Å². The van der Waals surface area contributed by atoms with Crippen LogP contribution in [0.1, 0.15) is 11.1 Å². The van der Waals surface area contributed by atoms with Crippen LogP contribution in [0.2, 0.25) is 0 Å². The fourth-order valence-corrected chi connectivity index (χ4v) is 3.01. The molecular formula is C16H15NOS. The maximum atomic E-state index is 5.89. The molecule has 1 heterocycles. The van der Waals surface area contributed by atoms with Crippen molar-refractivity contribution in [1.82, 2.24) is 0 Å². The summed E-state index contributed by atoms with van der Waals surface area (Å²) in [6.45, 7) is 2.63. The van der Waals surface area contributed by atoms with Gasteiger partial charge in [-0.2, -0.15) is 0 Å². The Labute approximate surface area is 116 Å². The van der Waals surface area contributed by atoms with Gasteiger partial charge < -0.3 is 10.5 Å². The molecule has 96 valence electrons. The first-order chi connectivity index (χ1) is 9.24. The molecule has 0 aliphatic rings. The summed E-state index contributed by atoms with van der Waals surface area (Å²) in [6, 6.07) is 14.1. The maximum absolute atomic E-state index is 5.89. The maximum Gasteiger partial charge on any atom is 0.122 e. The number of ether oxygens (including phenoxy) is 1. The second-order valence-corrected chi connectivity index (χ2v) is 5.48. The Morgan fingerprint density at radius 2 is 2.00 bits per heavy atom. The van der Waals surface area contributed by atoms with E-state index in [0.29, 0.717) is 6.61 Å². The Morgan fingerprint density at radius 1 is 1.16 bits per heavy atom. The number of para-hydroxylation sites is 1. The molecule has 0 saturated heterocycles. The molecule has 2 nitrogen and oxygen atoms in total. The fourth-order valence-electron chi connectivity index (χ4n) is 2.09. The Balaban J connectivity index is 1.86. The summed E-state index contributed by atoms with van der Waals surface area (Å²) in [7, 11) is 0. The normalized spacial score (nSPS) is 10.8. The van der Waals surface area contributed by atoms with Crippen LogP contribution in [0.4, 0.5) is 5.69 Å². The number of anilines is 1. The lowest BCUT2D eigenvalue weighted by Gasteiger charge is -2.08. The van der Waals surface area contributed by atoms with Gasteiger partial charge in [-0.1, -0.05) is 18.2 Å². The van der Waals surface area contributed by atoms with E-state index in [9.17, 15) is 0 Å². The summed E-state index contributed by atoms with van der Waals surface area (Å²) < 4.78 is 7.14. The molecule has 3 aromatic rings. The SMILES string of the molecule is Cc1ccccc1OCc1csc2ccc(N)cc12. The lowest BCUT2D eigenvalue weighted by Crippen LogP contribution is -1.96. The van der Waals surface area contributed by atoms with Crippen molar-refractivity contribution < 1.29 is 4.74 Å². The van der Waals surface area contributed by atoms with Crippen molar-refractivity contribution in [2.75, 3.05) is 5.73 Å². The van der Waals surface area contributed by atoms with E-state index in [-0.39, 0.29) is 0 Å². The number of aryl methyl sites for hydroxylation is 1. The van der Waals surface area contributed by atoms with E-state index in [1.807, 2.05) is 30.3 Å². The molecular weight excluding hydrogens is 254 g/mol. The Kier molecular flexibility index (Phi) is 3.13. The number of hydrogen-bond acceptors (Lipinski definition) is 3. The average molecular weight is 269 g/mol. The first kappa shape index (κ1) is 12.1. The fraction of sp³-hybridized carbons (Fsp3) is 0.125. The van der Waals surface area contributed by atoms with E-state index in [4.69, 9.17) is 10.5 Å². The molecule has 0 aliphatic heterocycles. The molecule has 1 aromatic heterocycles. The molecule has 0 atom stereocenters. The van der Waals surface area contributed by atoms with Crippen LogP contribution in [-0.4, -0.2) is 0 Å². The van der Waals surface area contributed by atoms with Gasteiger partial charge in [0.2, 0.25) is 0 Å². The van der Waals surface area contributed by atoms with Crippen LogP contribution in [-0.2, 0) is 6.61 Å². The third kappa shape index (κ3) is 2.42. The van der Waals surface area contributed by atoms with Gasteiger partial charge >= 0.3 is 0 Å². The molecule has 3 rings (SSSR count). The minimum Gasteiger partial charge on any atom is -0.489 e. The van der Waals surface area contributed by atoms with Crippen LogP contribution in [0.5, 0.6) is 5.75 Å². The van der Waals surface area contributed by atoms with Crippen molar-refractivity contribution in [3.8, 4) is 5.75 Å². The summed E-state index contributed by atoms with van der Waals surface area (Å²) in [4.78, 5) is 0. The molecule has 0 amide bonds. The number of hydrogen-bond donors (Lipinski definition) is 1. The Hall–Kier alpha value is -2.00. The van der Waals surface area contributed by atoms with Gasteiger partial charge in [0, 0.05) is 21.3 Å². The standard InChI is InChI=1S/C16H15NOS/c1-11-4-2-3-5-15(11)18-9-12-10-19-16-7-6-13(17)8-14(12)16/h2-8,10H,9,17H2,1H3. The molecule has 19 heavy (non-hydrogen) atoms. The number of nitrogens with two attached hydrogens (primary N) is 1. The quantitative estimate of drug-likeness (QED) is 0.716. The van der Waals surface area contributed by atoms with Gasteiger partial charge in [-0.3, -0.25) is 0 Å². The molecule has 0 bridgehead atoms. The van der Waals surface area contributed by atoms with Gasteiger partial charge in [-0.15, -0.1) is 11.3 Å². The highest BCUT2D eigenvalue weighted by molar-refractivity contribution is 7.17. The molecule has 0 aliphatic carbocycles. The number of nitrogen functional groups attached to an aromatic ring is 1. The van der Waals surface area contributed by atoms with Crippen molar-refractivity contribution >= 4 is 27.1 Å². The van der Waals surface area contributed by atoms with Gasteiger partial charge in [0.15, 0.2) is 0 Å². The molecule has 0 fully saturated rings. The van der Waals surface area contributed by atoms with Crippen LogP contribution >= 0.6 is 11.3 Å². The number of thiophene rings is 1. The van der Waals surface area contributed by atoms with Crippen molar-refractivity contribution in [2.45, 2.75) is 13.5 Å². The van der Waals surface area contributed by atoms with Crippen molar-refractivity contribution in [3.63, 3.8) is 0 Å². The highest BCUT2D eigenvalue weighted by atomic mass is 32.1. The number of benzene rings is 2. The zero-order valence-corrected chi connectivity index (χ0v) is 11.5. The molecule has 0 radical (unpaired) electrons. The van der Waals surface area contributed by atoms with Gasteiger partial charge in [-0.25, -0.2) is 0 Å². The minimum atomic E-state index is 0.578. The van der Waals surface area contributed by atoms with Crippen LogP contribution in [0.15, 0.2) is 47.8 Å². The van der Waals surface area contributed by atoms with E-state index >= 15 is 0 Å². The van der Waals surface area contributed by atoms with Crippen LogP contribution in [0, 0.1) is 6.92 Å². The van der Waals surface area contributed by atoms with Gasteiger partial charge in [0.25, 0.3) is 0 Å². The van der Waals surface area contributed by atoms with Gasteiger partial charge in [0.1, 0.15) is 12.4 Å². The molecule has 0 unspecified atom stereocenters. The predicted octanol–water partition coefficient (Wildman–Crippen LogP) is 4.37. The largest absolute Gasteiger partial charge is 0.489 e. The summed E-state index contributed by atoms with van der Waals surface area (Å²) in [6.07, 6.45) is 0. The van der Waals surface area contributed by atoms with Crippen molar-refractivity contribution in [1.29, 1.82) is 0 Å². The van der Waals surface area contributed by atoms with Crippen LogP contribution in [0.3, 0.4) is 0 Å². The molecule has 3 heteroatoms. The van der Waals surface area contributed by atoms with Crippen LogP contribution in [0.25, 0.3) is 10.1 Å². The monoisotopic (exact) mass is 269 g/mol. The lowest BCUT2D eigenvalue weighted by molar-refractivity contribution is 0.306. The summed E-state index contributed by atoms with van der Waals surface area (Å²) in [5, 5.41) is 3.33. The third-order valence-electron chi connectivity index (χ3n) is 3.15. The van der Waals surface area contributed by atoms with Gasteiger partial charge in [-0.05, 0) is 42.1 Å². The van der Waals surface area contributed by atoms with Gasteiger partial charge in [0.05, 0.1) is 0 Å². The molecule has 0 spiro atoms. The second kappa shape index (κ2) is 4.94. The minimum absolute atomic E-state index is 0.578. The average Bonchev–Trinajstić information content (AvgIpc) is 2.80. The van der Waals surface area contributed by atoms with Crippen LogP contribution < -0.4 is 10.5 Å². The smallest absolute Gasteiger partial charge is 0.122 e. The highest BCUT2D eigenvalue weighted by Crippen LogP contribution is 2.29. The second-order valence-electron chi connectivity index (χ2n) is 4.57. The number of fused-ring (bicyclic) bond motifs is 1. The number of rotatable bonds is 3. The van der Waals surface area contributed by atoms with Crippen molar-refractivity contribution in [2.24, 2.45) is 0 Å². The predicted molar refractivity (Wildman–Crippen MR) is 81.7 cm³/mol. The summed E-state index contributed by atoms with van der Waals surface area (Å²) in [5.41, 5.74) is 8.99. The molecule has 2 aromatic carbocycles. The Morgan fingerprint density at radius 3 is 2.84 bits per heavy atom. The van der Waals surface area contributed by atoms with E-state index in [1.54, 1.807) is 11.3 Å². The van der Waals surface area contributed by atoms with E-state index in [1.165, 1.54) is 15.6 Å². The zero-order valence-electron chi connectivity index (χ0n) is 10.7. The first-order valence-corrected chi connectivity index (χ1v) is 7.06. The molecule has 0 saturated carbocycles. The third-order valence-corrected chi connectivity index (χ3v) is 4.17. The van der Waals surface area contributed by atoms with E-state index in [2.05, 4.69) is 24.4 Å².